The maximum atomic E-state index is 10.9. The average molecular weight is 307 g/mol. The van der Waals surface area contributed by atoms with Gasteiger partial charge in [-0.05, 0) is 18.4 Å². The Morgan fingerprint density at radius 3 is 2.62 bits per heavy atom. The zero-order valence-corrected chi connectivity index (χ0v) is 11.5. The predicted molar refractivity (Wildman–Crippen MR) is 69.4 cm³/mol. The summed E-state index contributed by atoms with van der Waals surface area (Å²) in [5.74, 6) is 0.426. The lowest BCUT2D eigenvalue weighted by Gasteiger charge is -2.13. The Hall–Kier alpha value is -0.610. The molecule has 0 aromatic heterocycles. The highest BCUT2D eigenvalue weighted by molar-refractivity contribution is 9.09. The van der Waals surface area contributed by atoms with Crippen LogP contribution < -0.4 is 0 Å². The summed E-state index contributed by atoms with van der Waals surface area (Å²) in [5.41, 5.74) is 0.808. The molecule has 3 nitrogen and oxygen atoms in total. The molecule has 1 aromatic rings. The maximum Gasteiger partial charge on any atom is 0.274 e. The van der Waals surface area contributed by atoms with Crippen molar-refractivity contribution in [1.82, 2.24) is 0 Å². The smallest absolute Gasteiger partial charge is 0.258 e. The number of benzene rings is 1. The minimum Gasteiger partial charge on any atom is -0.258 e. The number of nitrogens with zero attached hydrogens (tertiary/aromatic N) is 1. The van der Waals surface area contributed by atoms with Crippen molar-refractivity contribution in [3.8, 4) is 0 Å². The number of hydrogen-bond acceptors (Lipinski definition) is 2. The molecule has 1 unspecified atom stereocenters. The maximum absolute atomic E-state index is 10.9. The van der Waals surface area contributed by atoms with Gasteiger partial charge in [-0.25, -0.2) is 0 Å². The van der Waals surface area contributed by atoms with E-state index in [1.54, 1.807) is 12.1 Å². The summed E-state index contributed by atoms with van der Waals surface area (Å²) in [6, 6.07) is 4.80. The van der Waals surface area contributed by atoms with E-state index in [9.17, 15) is 10.1 Å². The highest BCUT2D eigenvalue weighted by atomic mass is 79.9. The van der Waals surface area contributed by atoms with E-state index in [2.05, 4.69) is 29.8 Å². The van der Waals surface area contributed by atoms with E-state index in [4.69, 9.17) is 11.6 Å². The molecule has 0 saturated carbocycles. The Balaban J connectivity index is 2.99. The summed E-state index contributed by atoms with van der Waals surface area (Å²) in [6.07, 6.45) is 0.630. The van der Waals surface area contributed by atoms with Crippen LogP contribution in [0.5, 0.6) is 0 Å². The van der Waals surface area contributed by atoms with Gasteiger partial charge >= 0.3 is 0 Å². The molecule has 0 radical (unpaired) electrons. The molecule has 88 valence electrons. The molecule has 0 saturated heterocycles. The fraction of sp³-hybridized carbons (Fsp3) is 0.455. The minimum atomic E-state index is -0.388. The van der Waals surface area contributed by atoms with Crippen LogP contribution in [0.25, 0.3) is 0 Å². The summed E-state index contributed by atoms with van der Waals surface area (Å²) in [4.78, 5) is 10.7. The second kappa shape index (κ2) is 5.64. The second-order valence-electron chi connectivity index (χ2n) is 3.99. The quantitative estimate of drug-likeness (QED) is 0.475. The van der Waals surface area contributed by atoms with Crippen LogP contribution in [0.4, 0.5) is 5.69 Å². The van der Waals surface area contributed by atoms with Crippen LogP contribution in [0.2, 0.25) is 5.02 Å². The normalized spacial score (nSPS) is 12.8. The molecule has 0 aliphatic heterocycles. The molecule has 0 heterocycles. The molecule has 1 aromatic carbocycles. The number of rotatable bonds is 4. The fourth-order valence-corrected chi connectivity index (χ4v) is 1.84. The van der Waals surface area contributed by atoms with Gasteiger partial charge in [0.2, 0.25) is 0 Å². The number of halogens is 2. The van der Waals surface area contributed by atoms with Crippen LogP contribution in [0.3, 0.4) is 0 Å². The van der Waals surface area contributed by atoms with Gasteiger partial charge in [0.05, 0.1) is 4.92 Å². The van der Waals surface area contributed by atoms with Crippen LogP contribution in [0.1, 0.15) is 19.4 Å². The van der Waals surface area contributed by atoms with E-state index >= 15 is 0 Å². The molecule has 0 aliphatic rings. The second-order valence-corrected chi connectivity index (χ2v) is 5.61. The average Bonchev–Trinajstić information content (AvgIpc) is 2.20. The van der Waals surface area contributed by atoms with Gasteiger partial charge in [-0.1, -0.05) is 47.4 Å². The number of nitro groups is 1. The third kappa shape index (κ3) is 3.46. The van der Waals surface area contributed by atoms with Crippen molar-refractivity contribution in [2.45, 2.75) is 25.1 Å². The van der Waals surface area contributed by atoms with Gasteiger partial charge in [0, 0.05) is 21.5 Å². The largest absolute Gasteiger partial charge is 0.274 e. The summed E-state index contributed by atoms with van der Waals surface area (Å²) < 4.78 is 0. The lowest BCUT2D eigenvalue weighted by Crippen LogP contribution is -2.11. The molecule has 1 atom stereocenters. The van der Waals surface area contributed by atoms with Crippen molar-refractivity contribution in [1.29, 1.82) is 0 Å². The minimum absolute atomic E-state index is 0.0950. The van der Waals surface area contributed by atoms with Crippen molar-refractivity contribution in [2.24, 2.45) is 5.92 Å². The molecular weight excluding hydrogens is 293 g/mol. The summed E-state index contributed by atoms with van der Waals surface area (Å²) >= 11 is 9.27. The summed E-state index contributed by atoms with van der Waals surface area (Å²) in [7, 11) is 0. The Bertz CT molecular complexity index is 396. The Morgan fingerprint density at radius 1 is 1.50 bits per heavy atom. The van der Waals surface area contributed by atoms with E-state index in [0.717, 1.165) is 0 Å². The molecule has 0 bridgehead atoms. The molecule has 0 aliphatic carbocycles. The number of nitro benzene ring substituents is 1. The summed E-state index contributed by atoms with van der Waals surface area (Å²) in [6.45, 7) is 4.14. The Morgan fingerprint density at radius 2 is 2.12 bits per heavy atom. The van der Waals surface area contributed by atoms with E-state index in [1.165, 1.54) is 6.07 Å². The third-order valence-corrected chi connectivity index (χ3v) is 4.00. The van der Waals surface area contributed by atoms with E-state index in [1.807, 2.05) is 0 Å². The van der Waals surface area contributed by atoms with Crippen molar-refractivity contribution in [3.63, 3.8) is 0 Å². The monoisotopic (exact) mass is 305 g/mol. The van der Waals surface area contributed by atoms with Gasteiger partial charge in [0.25, 0.3) is 5.69 Å². The van der Waals surface area contributed by atoms with Crippen molar-refractivity contribution >= 4 is 33.2 Å². The zero-order chi connectivity index (χ0) is 12.3. The molecular formula is C11H13BrClNO2. The van der Waals surface area contributed by atoms with E-state index in [-0.39, 0.29) is 15.4 Å². The standard InChI is InChI=1S/C11H13BrClNO2/c1-7(2)10(12)5-8-3-4-9(13)6-11(8)14(15)16/h3-4,6-7,10H,5H2,1-2H3. The molecule has 1 rings (SSSR count). The van der Waals surface area contributed by atoms with Crippen LogP contribution in [0, 0.1) is 16.0 Å². The highest BCUT2D eigenvalue weighted by Gasteiger charge is 2.18. The van der Waals surface area contributed by atoms with Gasteiger partial charge in [-0.15, -0.1) is 0 Å². The van der Waals surface area contributed by atoms with Gasteiger partial charge in [0.1, 0.15) is 0 Å². The lowest BCUT2D eigenvalue weighted by molar-refractivity contribution is -0.385. The third-order valence-electron chi connectivity index (χ3n) is 2.38. The van der Waals surface area contributed by atoms with Crippen LogP contribution in [-0.2, 0) is 6.42 Å². The molecule has 0 N–H and O–H groups in total. The fourth-order valence-electron chi connectivity index (χ4n) is 1.33. The Kier molecular flexibility index (Phi) is 4.74. The van der Waals surface area contributed by atoms with Crippen molar-refractivity contribution in [2.75, 3.05) is 0 Å². The lowest BCUT2D eigenvalue weighted by atomic mass is 10.0. The van der Waals surface area contributed by atoms with E-state index in [0.29, 0.717) is 22.9 Å². The number of alkyl halides is 1. The first-order valence-electron chi connectivity index (χ1n) is 4.98. The first-order chi connectivity index (χ1) is 7.41. The van der Waals surface area contributed by atoms with Crippen LogP contribution in [-0.4, -0.2) is 9.75 Å². The molecule has 5 heteroatoms. The number of hydrogen-bond donors (Lipinski definition) is 0. The zero-order valence-electron chi connectivity index (χ0n) is 9.11. The molecule has 16 heavy (non-hydrogen) atoms. The van der Waals surface area contributed by atoms with Gasteiger partial charge in [0.15, 0.2) is 0 Å². The van der Waals surface area contributed by atoms with Crippen LogP contribution >= 0.6 is 27.5 Å². The van der Waals surface area contributed by atoms with Gasteiger partial charge in [-0.2, -0.15) is 0 Å². The first kappa shape index (κ1) is 13.5. The van der Waals surface area contributed by atoms with Crippen molar-refractivity contribution in [3.05, 3.63) is 38.9 Å². The highest BCUT2D eigenvalue weighted by Crippen LogP contribution is 2.27. The SMILES string of the molecule is CC(C)C(Br)Cc1ccc(Cl)cc1[N+](=O)[O-]. The molecule has 0 fully saturated rings. The molecule has 0 spiro atoms. The Labute approximate surface area is 108 Å². The topological polar surface area (TPSA) is 43.1 Å². The van der Waals surface area contributed by atoms with Crippen molar-refractivity contribution < 1.29 is 4.92 Å². The predicted octanol–water partition coefficient (Wildman–Crippen LogP) is 4.21. The summed E-state index contributed by atoms with van der Waals surface area (Å²) in [5, 5.41) is 11.3. The van der Waals surface area contributed by atoms with Gasteiger partial charge in [-0.3, -0.25) is 10.1 Å². The molecule has 0 amide bonds. The van der Waals surface area contributed by atoms with Gasteiger partial charge < -0.3 is 0 Å². The van der Waals surface area contributed by atoms with Crippen LogP contribution in [0.15, 0.2) is 18.2 Å². The van der Waals surface area contributed by atoms with E-state index < -0.39 is 0 Å². The first-order valence-corrected chi connectivity index (χ1v) is 6.28.